The van der Waals surface area contributed by atoms with Gasteiger partial charge in [0.2, 0.25) is 0 Å². The molecule has 5 nitrogen and oxygen atoms in total. The van der Waals surface area contributed by atoms with Crippen molar-refractivity contribution in [1.29, 1.82) is 0 Å². The highest BCUT2D eigenvalue weighted by molar-refractivity contribution is 7.92. The van der Waals surface area contributed by atoms with Crippen LogP contribution < -0.4 is 10.1 Å². The Balaban J connectivity index is 2.03. The summed E-state index contributed by atoms with van der Waals surface area (Å²) >= 11 is 6.06. The molecule has 0 radical (unpaired) electrons. The number of likely N-dealkylation sites (N-methyl/N-ethyl adjacent to an activating group) is 1. The summed E-state index contributed by atoms with van der Waals surface area (Å²) < 4.78 is 27.6. The molecule has 2 N–H and O–H groups in total. The van der Waals surface area contributed by atoms with Crippen molar-refractivity contribution in [2.75, 3.05) is 25.1 Å². The molecule has 106 valence electrons. The second-order valence-electron chi connectivity index (χ2n) is 4.58. The number of nitrogens with one attached hydrogen (secondary N) is 1. The van der Waals surface area contributed by atoms with Gasteiger partial charge in [0, 0.05) is 6.54 Å². The molecule has 1 aliphatic heterocycles. The predicted molar refractivity (Wildman–Crippen MR) is 73.4 cm³/mol. The first-order valence-corrected chi connectivity index (χ1v) is 8.10. The smallest absolute Gasteiger partial charge is 0.157 e. The molecule has 1 atom stereocenters. The minimum Gasteiger partial charge on any atom is -0.487 e. The van der Waals surface area contributed by atoms with Crippen LogP contribution in [0.1, 0.15) is 11.7 Å². The number of hydrogen-bond donors (Lipinski definition) is 2. The van der Waals surface area contributed by atoms with Crippen molar-refractivity contribution in [3.8, 4) is 5.75 Å². The third-order valence-electron chi connectivity index (χ3n) is 2.91. The average Bonchev–Trinajstić information content (AvgIpc) is 2.29. The van der Waals surface area contributed by atoms with Crippen LogP contribution in [0.4, 0.5) is 0 Å². The van der Waals surface area contributed by atoms with Crippen LogP contribution in [0.25, 0.3) is 0 Å². The third-order valence-corrected chi connectivity index (χ3v) is 4.97. The summed E-state index contributed by atoms with van der Waals surface area (Å²) in [5, 5.41) is 13.0. The number of aliphatic hydroxyl groups excluding tert-OH is 1. The van der Waals surface area contributed by atoms with Crippen molar-refractivity contribution in [3.63, 3.8) is 0 Å². The van der Waals surface area contributed by atoms with Gasteiger partial charge in [0.25, 0.3) is 0 Å². The van der Waals surface area contributed by atoms with E-state index in [-0.39, 0.29) is 17.6 Å². The van der Waals surface area contributed by atoms with Crippen LogP contribution in [0.3, 0.4) is 0 Å². The molecule has 0 aromatic heterocycles. The van der Waals surface area contributed by atoms with E-state index in [0.717, 1.165) is 0 Å². The lowest BCUT2D eigenvalue weighted by molar-refractivity contribution is 0.177. The molecule has 1 aromatic rings. The summed E-state index contributed by atoms with van der Waals surface area (Å²) in [6.45, 7) is 0.428. The quantitative estimate of drug-likeness (QED) is 0.840. The normalized spacial score (nSPS) is 19.7. The van der Waals surface area contributed by atoms with Crippen LogP contribution in [0, 0.1) is 0 Å². The van der Waals surface area contributed by atoms with Crippen molar-refractivity contribution in [2.24, 2.45) is 0 Å². The standard InChI is InChI=1S/C12H16ClNO4S/c1-14-5-11(15)8-2-3-12(10(13)4-8)18-9-6-19(16,17)7-9/h2-4,9,11,14-15H,5-7H2,1H3. The zero-order valence-corrected chi connectivity index (χ0v) is 12.0. The monoisotopic (exact) mass is 305 g/mol. The molecule has 1 unspecified atom stereocenters. The van der Waals surface area contributed by atoms with E-state index in [9.17, 15) is 13.5 Å². The van der Waals surface area contributed by atoms with Gasteiger partial charge < -0.3 is 15.2 Å². The fourth-order valence-corrected chi connectivity index (χ4v) is 3.30. The average molecular weight is 306 g/mol. The zero-order valence-electron chi connectivity index (χ0n) is 10.5. The summed E-state index contributed by atoms with van der Waals surface area (Å²) in [5.74, 6) is 0.517. The number of benzene rings is 1. The molecule has 1 fully saturated rings. The first kappa shape index (κ1) is 14.6. The van der Waals surface area contributed by atoms with E-state index in [1.54, 1.807) is 25.2 Å². The first-order valence-electron chi connectivity index (χ1n) is 5.90. The highest BCUT2D eigenvalue weighted by atomic mass is 35.5. The largest absolute Gasteiger partial charge is 0.487 e. The van der Waals surface area contributed by atoms with Crippen molar-refractivity contribution >= 4 is 21.4 Å². The van der Waals surface area contributed by atoms with Crippen LogP contribution in [-0.4, -0.2) is 44.7 Å². The van der Waals surface area contributed by atoms with Gasteiger partial charge in [0.05, 0.1) is 22.6 Å². The first-order chi connectivity index (χ1) is 8.91. The van der Waals surface area contributed by atoms with E-state index in [2.05, 4.69) is 5.32 Å². The predicted octanol–water partition coefficient (Wildman–Crippen LogP) is 0.769. The fraction of sp³-hybridized carbons (Fsp3) is 0.500. The van der Waals surface area contributed by atoms with Crippen molar-refractivity contribution in [2.45, 2.75) is 12.2 Å². The van der Waals surface area contributed by atoms with Gasteiger partial charge in [0.1, 0.15) is 11.9 Å². The Morgan fingerprint density at radius 1 is 1.53 bits per heavy atom. The Hall–Kier alpha value is -0.820. The molecule has 7 heteroatoms. The summed E-state index contributed by atoms with van der Waals surface area (Å²) in [4.78, 5) is 0. The molecule has 0 aliphatic carbocycles. The van der Waals surface area contributed by atoms with Crippen LogP contribution in [0.15, 0.2) is 18.2 Å². The SMILES string of the molecule is CNCC(O)c1ccc(OC2CS(=O)(=O)C2)c(Cl)c1. The molecular formula is C12H16ClNO4S. The number of ether oxygens (including phenoxy) is 1. The Morgan fingerprint density at radius 2 is 2.21 bits per heavy atom. The third kappa shape index (κ3) is 3.60. The Bertz CT molecular complexity index is 549. The molecule has 0 bridgehead atoms. The highest BCUT2D eigenvalue weighted by Crippen LogP contribution is 2.30. The van der Waals surface area contributed by atoms with Gasteiger partial charge in [-0.25, -0.2) is 8.42 Å². The van der Waals surface area contributed by atoms with Crippen LogP contribution >= 0.6 is 11.6 Å². The molecule has 1 aliphatic rings. The maximum absolute atomic E-state index is 11.0. The van der Waals surface area contributed by atoms with E-state index in [4.69, 9.17) is 16.3 Å². The van der Waals surface area contributed by atoms with Gasteiger partial charge in [-0.2, -0.15) is 0 Å². The topological polar surface area (TPSA) is 75.6 Å². The van der Waals surface area contributed by atoms with E-state index in [0.29, 0.717) is 22.9 Å². The van der Waals surface area contributed by atoms with Gasteiger partial charge in [0.15, 0.2) is 9.84 Å². The second-order valence-corrected chi connectivity index (χ2v) is 7.14. The number of halogens is 1. The van der Waals surface area contributed by atoms with E-state index in [1.165, 1.54) is 0 Å². The second kappa shape index (κ2) is 5.66. The van der Waals surface area contributed by atoms with Crippen molar-refractivity contribution in [1.82, 2.24) is 5.32 Å². The minimum absolute atomic E-state index is 0.0352. The molecule has 0 amide bonds. The van der Waals surface area contributed by atoms with E-state index < -0.39 is 15.9 Å². The number of sulfone groups is 1. The summed E-state index contributed by atoms with van der Waals surface area (Å²) in [6.07, 6.45) is -0.962. The fourth-order valence-electron chi connectivity index (χ4n) is 1.90. The molecule has 0 saturated carbocycles. The summed E-state index contributed by atoms with van der Waals surface area (Å²) in [6, 6.07) is 5.00. The summed E-state index contributed by atoms with van der Waals surface area (Å²) in [7, 11) is -1.16. The van der Waals surface area contributed by atoms with Gasteiger partial charge >= 0.3 is 0 Å². The number of hydrogen-bond acceptors (Lipinski definition) is 5. The molecule has 1 heterocycles. The lowest BCUT2D eigenvalue weighted by Gasteiger charge is -2.27. The van der Waals surface area contributed by atoms with Gasteiger partial charge in [-0.15, -0.1) is 0 Å². The van der Waals surface area contributed by atoms with Crippen LogP contribution in [-0.2, 0) is 9.84 Å². The van der Waals surface area contributed by atoms with Crippen molar-refractivity contribution < 1.29 is 18.3 Å². The maximum atomic E-state index is 11.0. The Kier molecular flexibility index (Phi) is 4.35. The molecule has 2 rings (SSSR count). The van der Waals surface area contributed by atoms with Gasteiger partial charge in [-0.05, 0) is 24.7 Å². The molecule has 19 heavy (non-hydrogen) atoms. The number of aliphatic hydroxyl groups is 1. The number of rotatable bonds is 5. The molecule has 0 spiro atoms. The molecule has 1 aromatic carbocycles. The van der Waals surface area contributed by atoms with E-state index in [1.807, 2.05) is 0 Å². The summed E-state index contributed by atoms with van der Waals surface area (Å²) in [5.41, 5.74) is 0.688. The lowest BCUT2D eigenvalue weighted by Crippen LogP contribution is -2.45. The lowest BCUT2D eigenvalue weighted by atomic mass is 10.1. The van der Waals surface area contributed by atoms with Gasteiger partial charge in [-0.1, -0.05) is 17.7 Å². The van der Waals surface area contributed by atoms with Crippen LogP contribution in [0.5, 0.6) is 5.75 Å². The molecule has 1 saturated heterocycles. The highest BCUT2D eigenvalue weighted by Gasteiger charge is 2.35. The van der Waals surface area contributed by atoms with E-state index >= 15 is 0 Å². The maximum Gasteiger partial charge on any atom is 0.157 e. The zero-order chi connectivity index (χ0) is 14.0. The Labute approximate surface area is 117 Å². The Morgan fingerprint density at radius 3 is 2.74 bits per heavy atom. The van der Waals surface area contributed by atoms with Gasteiger partial charge in [-0.3, -0.25) is 0 Å². The molecular weight excluding hydrogens is 290 g/mol. The van der Waals surface area contributed by atoms with Crippen molar-refractivity contribution in [3.05, 3.63) is 28.8 Å². The minimum atomic E-state index is -2.91. The van der Waals surface area contributed by atoms with Crippen LogP contribution in [0.2, 0.25) is 5.02 Å².